The Balaban J connectivity index is 1.74. The molecule has 4 heteroatoms. The SMILES string of the molecule is COC(=O)C1CN(Cc2csc3ccccc23)CC1C. The van der Waals surface area contributed by atoms with Gasteiger partial charge in [-0.1, -0.05) is 25.1 Å². The second-order valence-electron chi connectivity index (χ2n) is 5.56. The molecular formula is C16H19NO2S. The Hall–Kier alpha value is -1.39. The van der Waals surface area contributed by atoms with Crippen molar-refractivity contribution in [2.75, 3.05) is 20.2 Å². The van der Waals surface area contributed by atoms with E-state index in [-0.39, 0.29) is 11.9 Å². The minimum Gasteiger partial charge on any atom is -0.469 e. The normalized spacial score (nSPS) is 23.3. The van der Waals surface area contributed by atoms with Crippen molar-refractivity contribution in [1.82, 2.24) is 4.90 Å². The molecule has 1 saturated heterocycles. The maximum absolute atomic E-state index is 11.7. The van der Waals surface area contributed by atoms with E-state index in [4.69, 9.17) is 4.74 Å². The quantitative estimate of drug-likeness (QED) is 0.813. The molecule has 1 aliphatic rings. The van der Waals surface area contributed by atoms with Gasteiger partial charge in [0.05, 0.1) is 13.0 Å². The van der Waals surface area contributed by atoms with E-state index in [1.165, 1.54) is 22.8 Å². The van der Waals surface area contributed by atoms with Crippen molar-refractivity contribution in [3.8, 4) is 0 Å². The first-order valence-corrected chi connectivity index (χ1v) is 7.82. The molecule has 20 heavy (non-hydrogen) atoms. The summed E-state index contributed by atoms with van der Waals surface area (Å²) in [7, 11) is 1.48. The molecule has 1 fully saturated rings. The van der Waals surface area contributed by atoms with E-state index >= 15 is 0 Å². The highest BCUT2D eigenvalue weighted by molar-refractivity contribution is 7.17. The van der Waals surface area contributed by atoms with Gasteiger partial charge in [-0.15, -0.1) is 11.3 Å². The fourth-order valence-electron chi connectivity index (χ4n) is 3.05. The highest BCUT2D eigenvalue weighted by Crippen LogP contribution is 2.30. The van der Waals surface area contributed by atoms with Gasteiger partial charge in [0.25, 0.3) is 0 Å². The van der Waals surface area contributed by atoms with Crippen molar-refractivity contribution < 1.29 is 9.53 Å². The summed E-state index contributed by atoms with van der Waals surface area (Å²) < 4.78 is 6.23. The Morgan fingerprint density at radius 1 is 1.40 bits per heavy atom. The van der Waals surface area contributed by atoms with E-state index in [1.54, 1.807) is 11.3 Å². The number of nitrogens with zero attached hydrogens (tertiary/aromatic N) is 1. The van der Waals surface area contributed by atoms with Crippen LogP contribution in [0.5, 0.6) is 0 Å². The van der Waals surface area contributed by atoms with Crippen LogP contribution >= 0.6 is 11.3 Å². The molecule has 0 saturated carbocycles. The van der Waals surface area contributed by atoms with Crippen molar-refractivity contribution in [1.29, 1.82) is 0 Å². The first kappa shape index (κ1) is 13.6. The predicted molar refractivity (Wildman–Crippen MR) is 81.8 cm³/mol. The first-order valence-electron chi connectivity index (χ1n) is 6.94. The first-order chi connectivity index (χ1) is 9.69. The van der Waals surface area contributed by atoms with Gasteiger partial charge >= 0.3 is 5.97 Å². The lowest BCUT2D eigenvalue weighted by atomic mass is 9.99. The number of carbonyl (C=O) groups is 1. The molecule has 2 atom stereocenters. The van der Waals surface area contributed by atoms with Crippen LogP contribution in [0.1, 0.15) is 12.5 Å². The Labute approximate surface area is 123 Å². The molecule has 3 rings (SSSR count). The minimum absolute atomic E-state index is 0.0184. The Bertz CT molecular complexity index is 622. The fourth-order valence-corrected chi connectivity index (χ4v) is 4.00. The minimum atomic E-state index is -0.0739. The number of benzene rings is 1. The van der Waals surface area contributed by atoms with Crippen LogP contribution in [0.3, 0.4) is 0 Å². The van der Waals surface area contributed by atoms with Gasteiger partial charge in [0.15, 0.2) is 0 Å². The Kier molecular flexibility index (Phi) is 3.76. The van der Waals surface area contributed by atoms with E-state index in [0.717, 1.165) is 19.6 Å². The molecule has 0 bridgehead atoms. The van der Waals surface area contributed by atoms with Gasteiger partial charge in [0.1, 0.15) is 0 Å². The lowest BCUT2D eigenvalue weighted by Crippen LogP contribution is -2.24. The fraction of sp³-hybridized carbons (Fsp3) is 0.438. The third kappa shape index (κ3) is 2.45. The van der Waals surface area contributed by atoms with Gasteiger partial charge in [0, 0.05) is 24.3 Å². The second kappa shape index (κ2) is 5.54. The van der Waals surface area contributed by atoms with Crippen LogP contribution < -0.4 is 0 Å². The molecular weight excluding hydrogens is 270 g/mol. The lowest BCUT2D eigenvalue weighted by Gasteiger charge is -2.14. The number of carbonyl (C=O) groups excluding carboxylic acids is 1. The van der Waals surface area contributed by atoms with E-state index in [0.29, 0.717) is 5.92 Å². The molecule has 2 unspecified atom stereocenters. The zero-order chi connectivity index (χ0) is 14.1. The summed E-state index contributed by atoms with van der Waals surface area (Å²) in [4.78, 5) is 14.1. The molecule has 0 spiro atoms. The number of hydrogen-bond donors (Lipinski definition) is 0. The third-order valence-corrected chi connectivity index (χ3v) is 5.16. The van der Waals surface area contributed by atoms with Gasteiger partial charge in [-0.25, -0.2) is 0 Å². The van der Waals surface area contributed by atoms with Crippen LogP contribution in [0.25, 0.3) is 10.1 Å². The summed E-state index contributed by atoms with van der Waals surface area (Å²) in [5.74, 6) is 0.312. The van der Waals surface area contributed by atoms with Crippen LogP contribution in [0, 0.1) is 11.8 Å². The molecule has 1 aromatic heterocycles. The monoisotopic (exact) mass is 289 g/mol. The molecule has 1 aliphatic heterocycles. The number of thiophene rings is 1. The van der Waals surface area contributed by atoms with Crippen molar-refractivity contribution in [3.63, 3.8) is 0 Å². The summed E-state index contributed by atoms with van der Waals surface area (Å²) in [6, 6.07) is 8.50. The van der Waals surface area contributed by atoms with Crippen molar-refractivity contribution in [2.24, 2.45) is 11.8 Å². The zero-order valence-electron chi connectivity index (χ0n) is 11.8. The number of ether oxygens (including phenoxy) is 1. The Morgan fingerprint density at radius 2 is 2.20 bits per heavy atom. The molecule has 0 aliphatic carbocycles. The summed E-state index contributed by atoms with van der Waals surface area (Å²) in [6.45, 7) is 4.82. The van der Waals surface area contributed by atoms with Gasteiger partial charge in [-0.3, -0.25) is 9.69 Å². The number of rotatable bonds is 3. The Morgan fingerprint density at radius 3 is 3.00 bits per heavy atom. The van der Waals surface area contributed by atoms with Crippen LogP contribution in [0.4, 0.5) is 0 Å². The summed E-state index contributed by atoms with van der Waals surface area (Å²) >= 11 is 1.79. The summed E-state index contributed by atoms with van der Waals surface area (Å²) in [5, 5.41) is 3.58. The van der Waals surface area contributed by atoms with Crippen LogP contribution in [-0.2, 0) is 16.1 Å². The molecule has 3 nitrogen and oxygen atoms in total. The number of hydrogen-bond acceptors (Lipinski definition) is 4. The van der Waals surface area contributed by atoms with E-state index in [1.807, 2.05) is 0 Å². The standard InChI is InChI=1S/C16H19NO2S/c1-11-7-17(9-14(11)16(18)19-2)8-12-10-20-15-6-4-3-5-13(12)15/h3-6,10-11,14H,7-9H2,1-2H3. The van der Waals surface area contributed by atoms with Crippen molar-refractivity contribution in [3.05, 3.63) is 35.2 Å². The number of esters is 1. The smallest absolute Gasteiger partial charge is 0.310 e. The van der Waals surface area contributed by atoms with Crippen molar-refractivity contribution in [2.45, 2.75) is 13.5 Å². The molecule has 1 aromatic carbocycles. The molecule has 106 valence electrons. The topological polar surface area (TPSA) is 29.5 Å². The number of methoxy groups -OCH3 is 1. The molecule has 2 aromatic rings. The summed E-state index contributed by atoms with van der Waals surface area (Å²) in [5.41, 5.74) is 1.36. The van der Waals surface area contributed by atoms with Gasteiger partial charge in [-0.05, 0) is 28.3 Å². The highest BCUT2D eigenvalue weighted by Gasteiger charge is 2.35. The number of likely N-dealkylation sites (tertiary alicyclic amines) is 1. The van der Waals surface area contributed by atoms with E-state index in [9.17, 15) is 4.79 Å². The molecule has 2 heterocycles. The number of fused-ring (bicyclic) bond motifs is 1. The van der Waals surface area contributed by atoms with Crippen LogP contribution in [-0.4, -0.2) is 31.1 Å². The van der Waals surface area contributed by atoms with Crippen LogP contribution in [0.2, 0.25) is 0 Å². The van der Waals surface area contributed by atoms with Gasteiger partial charge in [-0.2, -0.15) is 0 Å². The molecule has 0 radical (unpaired) electrons. The highest BCUT2D eigenvalue weighted by atomic mass is 32.1. The van der Waals surface area contributed by atoms with Gasteiger partial charge in [0.2, 0.25) is 0 Å². The largest absolute Gasteiger partial charge is 0.469 e. The maximum Gasteiger partial charge on any atom is 0.310 e. The predicted octanol–water partition coefficient (Wildman–Crippen LogP) is 3.14. The second-order valence-corrected chi connectivity index (χ2v) is 6.47. The zero-order valence-corrected chi connectivity index (χ0v) is 12.7. The van der Waals surface area contributed by atoms with Crippen molar-refractivity contribution >= 4 is 27.4 Å². The average Bonchev–Trinajstić information content (AvgIpc) is 3.03. The van der Waals surface area contributed by atoms with E-state index in [2.05, 4.69) is 41.5 Å². The van der Waals surface area contributed by atoms with Crippen LogP contribution in [0.15, 0.2) is 29.6 Å². The molecule has 0 amide bonds. The molecule has 0 N–H and O–H groups in total. The van der Waals surface area contributed by atoms with E-state index < -0.39 is 0 Å². The third-order valence-electron chi connectivity index (χ3n) is 4.15. The maximum atomic E-state index is 11.7. The van der Waals surface area contributed by atoms with Gasteiger partial charge < -0.3 is 4.74 Å². The average molecular weight is 289 g/mol. The summed E-state index contributed by atoms with van der Waals surface area (Å²) in [6.07, 6.45) is 0. The lowest BCUT2D eigenvalue weighted by molar-refractivity contribution is -0.146.